The highest BCUT2D eigenvalue weighted by Crippen LogP contribution is 2.12. The Bertz CT molecular complexity index is 299. The van der Waals surface area contributed by atoms with Crippen molar-refractivity contribution in [3.63, 3.8) is 0 Å². The van der Waals surface area contributed by atoms with Crippen molar-refractivity contribution in [2.45, 2.75) is 52.1 Å². The van der Waals surface area contributed by atoms with Gasteiger partial charge in [0.05, 0.1) is 0 Å². The molecule has 1 aromatic rings. The van der Waals surface area contributed by atoms with E-state index >= 15 is 0 Å². The molecule has 2 heteroatoms. The van der Waals surface area contributed by atoms with E-state index in [9.17, 15) is 0 Å². The van der Waals surface area contributed by atoms with Crippen molar-refractivity contribution in [3.05, 3.63) is 34.3 Å². The summed E-state index contributed by atoms with van der Waals surface area (Å²) in [5, 5.41) is 3.56. The van der Waals surface area contributed by atoms with Crippen LogP contribution in [0.5, 0.6) is 0 Å². The van der Waals surface area contributed by atoms with Crippen molar-refractivity contribution in [1.82, 2.24) is 5.32 Å². The number of benzene rings is 1. The Hall–Kier alpha value is -0.340. The number of hydrogen-bond donors (Lipinski definition) is 1. The summed E-state index contributed by atoms with van der Waals surface area (Å²) in [6.07, 6.45) is 5.27. The lowest BCUT2D eigenvalue weighted by molar-refractivity contribution is 0.487. The summed E-state index contributed by atoms with van der Waals surface area (Å²) in [6.45, 7) is 5.49. The van der Waals surface area contributed by atoms with Gasteiger partial charge in [-0.1, -0.05) is 54.2 Å². The second kappa shape index (κ2) is 7.86. The molecule has 1 N–H and O–H groups in total. The molecule has 1 unspecified atom stereocenters. The maximum absolute atomic E-state index is 3.56. The van der Waals surface area contributed by atoms with Crippen molar-refractivity contribution in [3.8, 4) is 0 Å². The van der Waals surface area contributed by atoms with E-state index in [-0.39, 0.29) is 0 Å². The number of nitrogens with one attached hydrogen (secondary N) is 1. The minimum atomic E-state index is 0.616. The first-order valence-corrected chi connectivity index (χ1v) is 6.99. The fourth-order valence-corrected chi connectivity index (χ4v) is 2.19. The number of unbranched alkanes of at least 4 members (excludes halogenated alkanes) is 2. The highest BCUT2D eigenvalue weighted by atomic mass is 79.9. The molecule has 1 atom stereocenters. The van der Waals surface area contributed by atoms with Crippen molar-refractivity contribution in [2.24, 2.45) is 0 Å². The van der Waals surface area contributed by atoms with Gasteiger partial charge in [-0.05, 0) is 31.0 Å². The third-order valence-electron chi connectivity index (χ3n) is 2.78. The molecular weight excluding hydrogens is 262 g/mol. The highest BCUT2D eigenvalue weighted by molar-refractivity contribution is 9.10. The smallest absolute Gasteiger partial charge is 0.0208 e. The molecular formula is C14H22BrN. The van der Waals surface area contributed by atoms with Crippen LogP contribution < -0.4 is 5.32 Å². The van der Waals surface area contributed by atoms with Crippen LogP contribution in [0.15, 0.2) is 28.7 Å². The average molecular weight is 284 g/mol. The maximum atomic E-state index is 3.56. The molecule has 1 rings (SSSR count). The molecule has 0 fully saturated rings. The molecule has 0 aliphatic carbocycles. The van der Waals surface area contributed by atoms with Crippen LogP contribution in [-0.2, 0) is 6.54 Å². The SMILES string of the molecule is CCCCCC(C)NCc1cccc(Br)c1. The van der Waals surface area contributed by atoms with Crippen LogP contribution in [0.3, 0.4) is 0 Å². The Kier molecular flexibility index (Phi) is 6.74. The molecule has 1 aromatic carbocycles. The van der Waals surface area contributed by atoms with E-state index in [0.717, 1.165) is 11.0 Å². The second-order valence-corrected chi connectivity index (χ2v) is 5.32. The van der Waals surface area contributed by atoms with Gasteiger partial charge in [0.1, 0.15) is 0 Å². The lowest BCUT2D eigenvalue weighted by atomic mass is 10.1. The molecule has 16 heavy (non-hydrogen) atoms. The Morgan fingerprint density at radius 3 is 2.81 bits per heavy atom. The largest absolute Gasteiger partial charge is 0.310 e. The zero-order valence-electron chi connectivity index (χ0n) is 10.3. The van der Waals surface area contributed by atoms with Crippen LogP contribution in [-0.4, -0.2) is 6.04 Å². The van der Waals surface area contributed by atoms with Crippen LogP contribution >= 0.6 is 15.9 Å². The third kappa shape index (κ3) is 5.66. The summed E-state index contributed by atoms with van der Waals surface area (Å²) >= 11 is 3.49. The summed E-state index contributed by atoms with van der Waals surface area (Å²) in [4.78, 5) is 0. The van der Waals surface area contributed by atoms with Crippen LogP contribution in [0.4, 0.5) is 0 Å². The van der Waals surface area contributed by atoms with E-state index in [1.165, 1.54) is 31.2 Å². The first-order valence-electron chi connectivity index (χ1n) is 6.20. The highest BCUT2D eigenvalue weighted by Gasteiger charge is 2.01. The molecule has 0 spiro atoms. The van der Waals surface area contributed by atoms with E-state index in [1.54, 1.807) is 0 Å². The molecule has 90 valence electrons. The standard InChI is InChI=1S/C14H22BrN/c1-3-4-5-7-12(2)16-11-13-8-6-9-14(15)10-13/h6,8-10,12,16H,3-5,7,11H2,1-2H3. The molecule has 0 heterocycles. The van der Waals surface area contributed by atoms with Gasteiger partial charge < -0.3 is 5.32 Å². The fraction of sp³-hybridized carbons (Fsp3) is 0.571. The lowest BCUT2D eigenvalue weighted by Gasteiger charge is -2.13. The summed E-state index contributed by atoms with van der Waals surface area (Å²) in [5.74, 6) is 0. The van der Waals surface area contributed by atoms with Crippen LogP contribution in [0.1, 0.15) is 45.1 Å². The topological polar surface area (TPSA) is 12.0 Å². The first-order chi connectivity index (χ1) is 7.72. The molecule has 1 nitrogen and oxygen atoms in total. The molecule has 0 radical (unpaired) electrons. The zero-order chi connectivity index (χ0) is 11.8. The minimum absolute atomic E-state index is 0.616. The summed E-state index contributed by atoms with van der Waals surface area (Å²) in [7, 11) is 0. The Morgan fingerprint density at radius 1 is 1.31 bits per heavy atom. The normalized spacial score (nSPS) is 12.7. The van der Waals surface area contributed by atoms with Gasteiger partial charge in [0.15, 0.2) is 0 Å². The minimum Gasteiger partial charge on any atom is -0.310 e. The maximum Gasteiger partial charge on any atom is 0.0208 e. The van der Waals surface area contributed by atoms with Gasteiger partial charge in [0, 0.05) is 17.1 Å². The van der Waals surface area contributed by atoms with Gasteiger partial charge in [-0.3, -0.25) is 0 Å². The van der Waals surface area contributed by atoms with Gasteiger partial charge in [-0.15, -0.1) is 0 Å². The van der Waals surface area contributed by atoms with Crippen molar-refractivity contribution >= 4 is 15.9 Å². The molecule has 0 saturated heterocycles. The first kappa shape index (κ1) is 13.7. The molecule has 0 aliphatic rings. The number of halogens is 1. The van der Waals surface area contributed by atoms with E-state index in [0.29, 0.717) is 6.04 Å². The molecule has 0 bridgehead atoms. The van der Waals surface area contributed by atoms with Gasteiger partial charge in [0.25, 0.3) is 0 Å². The molecule has 0 saturated carbocycles. The predicted molar refractivity (Wildman–Crippen MR) is 74.6 cm³/mol. The molecule has 0 amide bonds. The summed E-state index contributed by atoms with van der Waals surface area (Å²) < 4.78 is 1.16. The van der Waals surface area contributed by atoms with E-state index in [4.69, 9.17) is 0 Å². The average Bonchev–Trinajstić information content (AvgIpc) is 2.27. The quantitative estimate of drug-likeness (QED) is 0.726. The summed E-state index contributed by atoms with van der Waals surface area (Å²) in [5.41, 5.74) is 1.34. The third-order valence-corrected chi connectivity index (χ3v) is 3.28. The van der Waals surface area contributed by atoms with E-state index in [2.05, 4.69) is 59.4 Å². The Balaban J connectivity index is 2.23. The molecule has 0 aromatic heterocycles. The Morgan fingerprint density at radius 2 is 2.12 bits per heavy atom. The lowest BCUT2D eigenvalue weighted by Crippen LogP contribution is -2.25. The van der Waals surface area contributed by atoms with Crippen LogP contribution in [0.2, 0.25) is 0 Å². The van der Waals surface area contributed by atoms with Gasteiger partial charge in [-0.25, -0.2) is 0 Å². The fourth-order valence-electron chi connectivity index (χ4n) is 1.74. The molecule has 0 aliphatic heterocycles. The van der Waals surface area contributed by atoms with Crippen molar-refractivity contribution in [1.29, 1.82) is 0 Å². The predicted octanol–water partition coefficient (Wildman–Crippen LogP) is 4.51. The van der Waals surface area contributed by atoms with E-state index in [1.807, 2.05) is 0 Å². The van der Waals surface area contributed by atoms with Gasteiger partial charge >= 0.3 is 0 Å². The van der Waals surface area contributed by atoms with Crippen molar-refractivity contribution < 1.29 is 0 Å². The summed E-state index contributed by atoms with van der Waals surface area (Å²) in [6, 6.07) is 9.10. The number of rotatable bonds is 7. The van der Waals surface area contributed by atoms with Crippen molar-refractivity contribution in [2.75, 3.05) is 0 Å². The van der Waals surface area contributed by atoms with Crippen LogP contribution in [0.25, 0.3) is 0 Å². The van der Waals surface area contributed by atoms with Crippen LogP contribution in [0, 0.1) is 0 Å². The zero-order valence-corrected chi connectivity index (χ0v) is 11.9. The monoisotopic (exact) mass is 283 g/mol. The number of hydrogen-bond acceptors (Lipinski definition) is 1. The Labute approximate surface area is 108 Å². The second-order valence-electron chi connectivity index (χ2n) is 4.41. The van der Waals surface area contributed by atoms with E-state index < -0.39 is 0 Å². The van der Waals surface area contributed by atoms with Gasteiger partial charge in [-0.2, -0.15) is 0 Å². The van der Waals surface area contributed by atoms with Gasteiger partial charge in [0.2, 0.25) is 0 Å².